The van der Waals surface area contributed by atoms with Crippen molar-refractivity contribution in [3.8, 4) is 0 Å². The molecule has 0 spiro atoms. The van der Waals surface area contributed by atoms with Crippen molar-refractivity contribution < 1.29 is 14.3 Å². The summed E-state index contributed by atoms with van der Waals surface area (Å²) in [6, 6.07) is 0. The van der Waals surface area contributed by atoms with Gasteiger partial charge in [0.05, 0.1) is 0 Å². The lowest BCUT2D eigenvalue weighted by molar-refractivity contribution is -0.213. The fourth-order valence-electron chi connectivity index (χ4n) is 0.723. The molecule has 66 valence electrons. The van der Waals surface area contributed by atoms with Crippen LogP contribution in [0.2, 0.25) is 0 Å². The Bertz CT molecular complexity index is 129. The molecule has 3 nitrogen and oxygen atoms in total. The van der Waals surface area contributed by atoms with Crippen LogP contribution < -0.4 is 0 Å². The molecule has 11 heavy (non-hydrogen) atoms. The molecule has 0 saturated carbocycles. The maximum absolute atomic E-state index is 10.8. The summed E-state index contributed by atoms with van der Waals surface area (Å²) in [6.07, 6.45) is 0.385. The Morgan fingerprint density at radius 1 is 1.36 bits per heavy atom. The monoisotopic (exact) mass is 160 g/mol. The molecule has 0 radical (unpaired) electrons. The minimum atomic E-state index is -0.776. The second-order valence-electron chi connectivity index (χ2n) is 2.66. The summed E-state index contributed by atoms with van der Waals surface area (Å²) in [5.41, 5.74) is 0. The number of ether oxygens (including phenoxy) is 2. The predicted octanol–water partition coefficient (Wildman–Crippen LogP) is 1.71. The molecule has 0 atom stereocenters. The van der Waals surface area contributed by atoms with Crippen molar-refractivity contribution in [2.24, 2.45) is 0 Å². The van der Waals surface area contributed by atoms with Crippen LogP contribution in [0.5, 0.6) is 0 Å². The third-order valence-electron chi connectivity index (χ3n) is 1.14. The molecule has 3 heteroatoms. The van der Waals surface area contributed by atoms with Crippen molar-refractivity contribution in [3.05, 3.63) is 0 Å². The van der Waals surface area contributed by atoms with E-state index in [-0.39, 0.29) is 5.97 Å². The molecule has 0 aromatic carbocycles. The zero-order valence-corrected chi connectivity index (χ0v) is 7.64. The van der Waals surface area contributed by atoms with E-state index in [4.69, 9.17) is 9.47 Å². The lowest BCUT2D eigenvalue weighted by Gasteiger charge is -2.24. The van der Waals surface area contributed by atoms with Gasteiger partial charge in [-0.15, -0.1) is 0 Å². The Morgan fingerprint density at radius 3 is 2.27 bits per heavy atom. The average Bonchev–Trinajstić information content (AvgIpc) is 1.86. The summed E-state index contributed by atoms with van der Waals surface area (Å²) in [5.74, 6) is -1.01. The number of carbonyl (C=O) groups excluding carboxylic acids is 1. The molecule has 0 aromatic heterocycles. The van der Waals surface area contributed by atoms with Crippen LogP contribution >= 0.6 is 0 Å². The van der Waals surface area contributed by atoms with E-state index in [1.54, 1.807) is 20.8 Å². The standard InChI is InChI=1S/C8H16O3/c1-5-7(9)11-8(3,4)10-6-2/h5-6H2,1-4H3. The normalized spacial score (nSPS) is 11.3. The van der Waals surface area contributed by atoms with Gasteiger partial charge in [0.2, 0.25) is 5.79 Å². The highest BCUT2D eigenvalue weighted by atomic mass is 16.7. The summed E-state index contributed by atoms with van der Waals surface area (Å²) in [7, 11) is 0. The van der Waals surface area contributed by atoms with Crippen molar-refractivity contribution in [2.75, 3.05) is 6.61 Å². The van der Waals surface area contributed by atoms with Crippen LogP contribution in [0.3, 0.4) is 0 Å². The van der Waals surface area contributed by atoms with E-state index in [9.17, 15) is 4.79 Å². The Balaban J connectivity index is 3.80. The highest BCUT2D eigenvalue weighted by molar-refractivity contribution is 5.69. The van der Waals surface area contributed by atoms with Gasteiger partial charge in [0.15, 0.2) is 0 Å². The van der Waals surface area contributed by atoms with Crippen molar-refractivity contribution in [1.29, 1.82) is 0 Å². The minimum Gasteiger partial charge on any atom is -0.434 e. The topological polar surface area (TPSA) is 35.5 Å². The van der Waals surface area contributed by atoms with Gasteiger partial charge in [-0.25, -0.2) is 0 Å². The number of rotatable bonds is 4. The van der Waals surface area contributed by atoms with Gasteiger partial charge in [0.1, 0.15) is 0 Å². The van der Waals surface area contributed by atoms with Crippen molar-refractivity contribution in [2.45, 2.75) is 39.9 Å². The Labute approximate surface area is 67.7 Å². The van der Waals surface area contributed by atoms with Gasteiger partial charge in [-0.05, 0) is 6.92 Å². The van der Waals surface area contributed by atoms with Crippen LogP contribution in [0.25, 0.3) is 0 Å². The van der Waals surface area contributed by atoms with Gasteiger partial charge in [-0.2, -0.15) is 0 Å². The first kappa shape index (κ1) is 10.4. The van der Waals surface area contributed by atoms with Crippen molar-refractivity contribution >= 4 is 5.97 Å². The summed E-state index contributed by atoms with van der Waals surface area (Å²) in [5, 5.41) is 0. The lowest BCUT2D eigenvalue weighted by atomic mass is 10.3. The van der Waals surface area contributed by atoms with Gasteiger partial charge in [0.25, 0.3) is 0 Å². The number of carbonyl (C=O) groups is 1. The number of esters is 1. The quantitative estimate of drug-likeness (QED) is 0.464. The summed E-state index contributed by atoms with van der Waals surface area (Å²) < 4.78 is 10.1. The molecule has 0 aliphatic carbocycles. The molecule has 0 saturated heterocycles. The number of hydrogen-bond donors (Lipinski definition) is 0. The zero-order chi connectivity index (χ0) is 8.91. The fraction of sp³-hybridized carbons (Fsp3) is 0.875. The average molecular weight is 160 g/mol. The first-order valence-corrected chi connectivity index (χ1v) is 3.87. The van der Waals surface area contributed by atoms with Crippen LogP contribution in [0, 0.1) is 0 Å². The third-order valence-corrected chi connectivity index (χ3v) is 1.14. The Morgan fingerprint density at radius 2 is 1.91 bits per heavy atom. The molecule has 0 aliphatic rings. The molecular formula is C8H16O3. The molecule has 0 fully saturated rings. The van der Waals surface area contributed by atoms with Crippen LogP contribution in [-0.2, 0) is 14.3 Å². The first-order chi connectivity index (χ1) is 5.02. The Kier molecular flexibility index (Phi) is 4.11. The van der Waals surface area contributed by atoms with Gasteiger partial charge in [0, 0.05) is 26.9 Å². The molecule has 0 rings (SSSR count). The molecule has 0 unspecified atom stereocenters. The third kappa shape index (κ3) is 4.79. The molecule has 0 amide bonds. The van der Waals surface area contributed by atoms with E-state index in [1.807, 2.05) is 6.92 Å². The molecule has 0 aromatic rings. The molecule has 0 aliphatic heterocycles. The molecular weight excluding hydrogens is 144 g/mol. The first-order valence-electron chi connectivity index (χ1n) is 3.87. The predicted molar refractivity (Wildman–Crippen MR) is 42.1 cm³/mol. The summed E-state index contributed by atoms with van der Waals surface area (Å²) in [6.45, 7) is 7.62. The fourth-order valence-corrected chi connectivity index (χ4v) is 0.723. The van der Waals surface area contributed by atoms with Crippen LogP contribution in [-0.4, -0.2) is 18.4 Å². The van der Waals surface area contributed by atoms with E-state index in [2.05, 4.69) is 0 Å². The molecule has 0 N–H and O–H groups in total. The maximum atomic E-state index is 10.8. The second kappa shape index (κ2) is 4.34. The molecule has 0 bridgehead atoms. The smallest absolute Gasteiger partial charge is 0.307 e. The van der Waals surface area contributed by atoms with E-state index >= 15 is 0 Å². The highest BCUT2D eigenvalue weighted by Crippen LogP contribution is 2.11. The summed E-state index contributed by atoms with van der Waals surface area (Å²) >= 11 is 0. The van der Waals surface area contributed by atoms with Crippen LogP contribution in [0.4, 0.5) is 0 Å². The largest absolute Gasteiger partial charge is 0.434 e. The van der Waals surface area contributed by atoms with E-state index in [0.29, 0.717) is 13.0 Å². The Hall–Kier alpha value is -0.570. The van der Waals surface area contributed by atoms with Crippen LogP contribution in [0.15, 0.2) is 0 Å². The maximum Gasteiger partial charge on any atom is 0.307 e. The number of hydrogen-bond acceptors (Lipinski definition) is 3. The van der Waals surface area contributed by atoms with Crippen molar-refractivity contribution in [3.63, 3.8) is 0 Å². The van der Waals surface area contributed by atoms with Crippen molar-refractivity contribution in [1.82, 2.24) is 0 Å². The van der Waals surface area contributed by atoms with Gasteiger partial charge < -0.3 is 9.47 Å². The van der Waals surface area contributed by atoms with Gasteiger partial charge in [-0.3, -0.25) is 4.79 Å². The summed E-state index contributed by atoms with van der Waals surface area (Å²) in [4.78, 5) is 10.8. The van der Waals surface area contributed by atoms with E-state index < -0.39 is 5.79 Å². The molecule has 0 heterocycles. The van der Waals surface area contributed by atoms with E-state index in [0.717, 1.165) is 0 Å². The second-order valence-corrected chi connectivity index (χ2v) is 2.66. The van der Waals surface area contributed by atoms with Gasteiger partial charge in [-0.1, -0.05) is 6.92 Å². The van der Waals surface area contributed by atoms with E-state index in [1.165, 1.54) is 0 Å². The van der Waals surface area contributed by atoms with Gasteiger partial charge >= 0.3 is 5.97 Å². The SMILES string of the molecule is CCOC(C)(C)OC(=O)CC. The van der Waals surface area contributed by atoms with Crippen LogP contribution in [0.1, 0.15) is 34.1 Å². The highest BCUT2D eigenvalue weighted by Gasteiger charge is 2.21. The zero-order valence-electron chi connectivity index (χ0n) is 7.64. The lowest BCUT2D eigenvalue weighted by Crippen LogP contribution is -2.31. The minimum absolute atomic E-state index is 0.233.